The number of benzene rings is 2. The zero-order chi connectivity index (χ0) is 20.1. The third-order valence-corrected chi connectivity index (χ3v) is 4.57. The van der Waals surface area contributed by atoms with Gasteiger partial charge in [-0.2, -0.15) is 0 Å². The summed E-state index contributed by atoms with van der Waals surface area (Å²) in [4.78, 5) is 17.5. The van der Waals surface area contributed by atoms with Crippen LogP contribution >= 0.6 is 0 Å². The van der Waals surface area contributed by atoms with Crippen molar-refractivity contribution in [2.75, 3.05) is 6.54 Å². The Morgan fingerprint density at radius 3 is 2.21 bits per heavy atom. The van der Waals surface area contributed by atoms with Crippen molar-refractivity contribution >= 4 is 5.71 Å². The lowest BCUT2D eigenvalue weighted by Crippen LogP contribution is -2.20. The second-order valence-electron chi connectivity index (χ2n) is 6.68. The van der Waals surface area contributed by atoms with Gasteiger partial charge in [0, 0.05) is 18.0 Å². The monoisotopic (exact) mass is 383 g/mol. The molecule has 0 bridgehead atoms. The summed E-state index contributed by atoms with van der Waals surface area (Å²) in [5.41, 5.74) is 3.41. The van der Waals surface area contributed by atoms with E-state index in [0.717, 1.165) is 17.7 Å². The number of aryl methyl sites for hydroxylation is 1. The summed E-state index contributed by atoms with van der Waals surface area (Å²) in [5, 5.41) is 3.14. The fourth-order valence-corrected chi connectivity index (χ4v) is 3.14. The Morgan fingerprint density at radius 2 is 1.61 bits per heavy atom. The van der Waals surface area contributed by atoms with Gasteiger partial charge < -0.3 is 0 Å². The van der Waals surface area contributed by atoms with Crippen LogP contribution in [-0.4, -0.2) is 22.0 Å². The highest BCUT2D eigenvalue weighted by molar-refractivity contribution is 5.99. The summed E-state index contributed by atoms with van der Waals surface area (Å²) in [6.07, 6.45) is 2.25. The minimum atomic E-state index is -0.351. The Balaban J connectivity index is 1.87. The van der Waals surface area contributed by atoms with Crippen LogP contribution < -0.4 is 5.56 Å². The zero-order valence-electron chi connectivity index (χ0n) is 16.0. The first-order chi connectivity index (χ1) is 13.5. The van der Waals surface area contributed by atoms with E-state index >= 15 is 0 Å². The average molecular weight is 383 g/mol. The quantitative estimate of drug-likeness (QED) is 0.602. The lowest BCUT2D eigenvalue weighted by Gasteiger charge is -2.02. The molecule has 1 N–H and O–H groups in total. The number of nitrogens with one attached hydrogen (secondary N) is 1. The molecule has 6 heteroatoms. The van der Waals surface area contributed by atoms with E-state index in [9.17, 15) is 13.6 Å². The molecule has 28 heavy (non-hydrogen) atoms. The fourth-order valence-electron chi connectivity index (χ4n) is 3.14. The maximum atomic E-state index is 13.2. The van der Waals surface area contributed by atoms with Gasteiger partial charge in [0.2, 0.25) is 0 Å². The van der Waals surface area contributed by atoms with Crippen LogP contribution in [0.2, 0.25) is 0 Å². The second-order valence-corrected chi connectivity index (χ2v) is 6.68. The van der Waals surface area contributed by atoms with Crippen LogP contribution in [-0.2, 0) is 12.8 Å². The first-order valence-electron chi connectivity index (χ1n) is 9.35. The fraction of sp³-hybridized carbons (Fsp3) is 0.273. The van der Waals surface area contributed by atoms with E-state index in [0.29, 0.717) is 36.3 Å². The molecule has 0 amide bonds. The van der Waals surface area contributed by atoms with Gasteiger partial charge in [-0.05, 0) is 61.7 Å². The third-order valence-electron chi connectivity index (χ3n) is 4.57. The smallest absolute Gasteiger partial charge is 0.280 e. The van der Waals surface area contributed by atoms with E-state index < -0.39 is 0 Å². The van der Waals surface area contributed by atoms with Gasteiger partial charge in [0.05, 0.1) is 11.3 Å². The number of aliphatic imine (C=N–C) groups is 1. The van der Waals surface area contributed by atoms with Gasteiger partial charge in [-0.1, -0.05) is 25.5 Å². The van der Waals surface area contributed by atoms with Crippen molar-refractivity contribution in [1.82, 2.24) is 9.78 Å². The highest BCUT2D eigenvalue weighted by Crippen LogP contribution is 2.12. The molecular weight excluding hydrogens is 360 g/mol. The molecule has 0 aliphatic heterocycles. The molecule has 3 rings (SSSR count). The Hall–Kier alpha value is -3.02. The summed E-state index contributed by atoms with van der Waals surface area (Å²) in [6, 6.07) is 12.1. The second kappa shape index (κ2) is 8.78. The number of halogens is 2. The van der Waals surface area contributed by atoms with Crippen molar-refractivity contribution in [3.63, 3.8) is 0 Å². The van der Waals surface area contributed by atoms with E-state index in [-0.39, 0.29) is 17.2 Å². The Kier molecular flexibility index (Phi) is 6.19. The number of aromatic amines is 1. The normalized spacial score (nSPS) is 11.8. The minimum Gasteiger partial charge on any atom is -0.294 e. The molecule has 0 aliphatic carbocycles. The van der Waals surface area contributed by atoms with Crippen molar-refractivity contribution in [2.24, 2.45) is 4.99 Å². The highest BCUT2D eigenvalue weighted by Gasteiger charge is 2.17. The van der Waals surface area contributed by atoms with Gasteiger partial charge in [0.15, 0.2) is 0 Å². The molecule has 0 saturated carbocycles. The number of hydrogen-bond acceptors (Lipinski definition) is 2. The summed E-state index contributed by atoms with van der Waals surface area (Å²) >= 11 is 0. The van der Waals surface area contributed by atoms with Crippen LogP contribution in [0.15, 0.2) is 58.3 Å². The first-order valence-corrected chi connectivity index (χ1v) is 9.35. The van der Waals surface area contributed by atoms with E-state index in [1.54, 1.807) is 24.3 Å². The molecule has 3 aromatic rings. The predicted molar refractivity (Wildman–Crippen MR) is 108 cm³/mol. The maximum absolute atomic E-state index is 13.2. The van der Waals surface area contributed by atoms with Gasteiger partial charge >= 0.3 is 0 Å². The lowest BCUT2D eigenvalue weighted by molar-refractivity contribution is 0.626. The molecule has 0 spiro atoms. The van der Waals surface area contributed by atoms with Gasteiger partial charge in [0.25, 0.3) is 5.56 Å². The molecule has 0 fully saturated rings. The van der Waals surface area contributed by atoms with Crippen LogP contribution in [0.25, 0.3) is 5.69 Å². The molecule has 1 aromatic heterocycles. The standard InChI is InChI=1S/C22H23F2N3O/c1-3-4-20-21(15(2)25-14-13-16-5-7-17(23)8-6-16)22(28)27(26-20)19-11-9-18(24)10-12-19/h5-12,26H,3-4,13-14H2,1-2H3. The predicted octanol–water partition coefficient (Wildman–Crippen LogP) is 4.45. The number of hydrogen-bond donors (Lipinski definition) is 1. The summed E-state index contributed by atoms with van der Waals surface area (Å²) in [5.74, 6) is -0.614. The van der Waals surface area contributed by atoms with Gasteiger partial charge in [0.1, 0.15) is 11.6 Å². The van der Waals surface area contributed by atoms with Crippen LogP contribution in [0, 0.1) is 11.6 Å². The van der Waals surface area contributed by atoms with Crippen LogP contribution in [0.3, 0.4) is 0 Å². The van der Waals surface area contributed by atoms with Crippen molar-refractivity contribution < 1.29 is 8.78 Å². The molecule has 0 atom stereocenters. The van der Waals surface area contributed by atoms with E-state index in [4.69, 9.17) is 0 Å². The Bertz CT molecular complexity index is 1020. The highest BCUT2D eigenvalue weighted by atomic mass is 19.1. The lowest BCUT2D eigenvalue weighted by atomic mass is 10.1. The largest absolute Gasteiger partial charge is 0.294 e. The van der Waals surface area contributed by atoms with Crippen molar-refractivity contribution in [1.29, 1.82) is 0 Å². The van der Waals surface area contributed by atoms with E-state index in [1.165, 1.54) is 28.9 Å². The number of nitrogens with zero attached hydrogens (tertiary/aromatic N) is 2. The van der Waals surface area contributed by atoms with E-state index in [1.807, 2.05) is 13.8 Å². The van der Waals surface area contributed by atoms with E-state index in [2.05, 4.69) is 10.1 Å². The molecule has 1 heterocycles. The minimum absolute atomic E-state index is 0.196. The molecular formula is C22H23F2N3O. The molecule has 2 aromatic carbocycles. The van der Waals surface area contributed by atoms with Crippen molar-refractivity contribution in [3.05, 3.63) is 87.3 Å². The number of rotatable bonds is 7. The number of H-pyrrole nitrogens is 1. The van der Waals surface area contributed by atoms with Gasteiger partial charge in [-0.3, -0.25) is 14.9 Å². The molecule has 0 unspecified atom stereocenters. The van der Waals surface area contributed by atoms with Gasteiger partial charge in [-0.25, -0.2) is 13.5 Å². The Labute approximate surface area is 162 Å². The van der Waals surface area contributed by atoms with Crippen molar-refractivity contribution in [3.8, 4) is 5.69 Å². The van der Waals surface area contributed by atoms with Crippen molar-refractivity contribution in [2.45, 2.75) is 33.1 Å². The van der Waals surface area contributed by atoms with Gasteiger partial charge in [-0.15, -0.1) is 0 Å². The maximum Gasteiger partial charge on any atom is 0.280 e. The molecule has 0 saturated heterocycles. The Morgan fingerprint density at radius 1 is 1.00 bits per heavy atom. The molecule has 0 radical (unpaired) electrons. The summed E-state index contributed by atoms with van der Waals surface area (Å²) < 4.78 is 27.6. The molecule has 0 aliphatic rings. The van der Waals surface area contributed by atoms with Crippen LogP contribution in [0.5, 0.6) is 0 Å². The topological polar surface area (TPSA) is 50.1 Å². The van der Waals surface area contributed by atoms with Crippen LogP contribution in [0.4, 0.5) is 8.78 Å². The third kappa shape index (κ3) is 4.44. The summed E-state index contributed by atoms with van der Waals surface area (Å²) in [7, 11) is 0. The average Bonchev–Trinajstić information content (AvgIpc) is 3.00. The first kappa shape index (κ1) is 19.7. The zero-order valence-corrected chi connectivity index (χ0v) is 16.0. The molecule has 146 valence electrons. The molecule has 4 nitrogen and oxygen atoms in total. The SMILES string of the molecule is CCCc1[nH]n(-c2ccc(F)cc2)c(=O)c1C(C)=NCCc1ccc(F)cc1. The van der Waals surface area contributed by atoms with Crippen LogP contribution in [0.1, 0.15) is 37.1 Å². The summed E-state index contributed by atoms with van der Waals surface area (Å²) in [6.45, 7) is 4.37. The number of aromatic nitrogens is 2.